The quantitative estimate of drug-likeness (QED) is 0.211. The van der Waals surface area contributed by atoms with Gasteiger partial charge in [-0.15, -0.1) is 0 Å². The van der Waals surface area contributed by atoms with Crippen LogP contribution in [-0.4, -0.2) is 124 Å². The summed E-state index contributed by atoms with van der Waals surface area (Å²) in [5.74, 6) is 5.14. The molecule has 0 radical (unpaired) electrons. The Kier molecular flexibility index (Phi) is 57.4. The number of nitrogens with zero attached hydrogens (tertiary/aromatic N) is 1. The molecule has 10 unspecified atom stereocenters. The normalized spacial score (nSPS) is 30.5. The van der Waals surface area contributed by atoms with Crippen LogP contribution in [0.3, 0.4) is 0 Å². The predicted molar refractivity (Wildman–Crippen MR) is 378 cm³/mol. The molecule has 3 aliphatic carbocycles. The summed E-state index contributed by atoms with van der Waals surface area (Å²) in [7, 11) is 2.22. The minimum absolute atomic E-state index is 0.0671. The molecule has 0 N–H and O–H groups in total. The molecule has 11 aliphatic rings. The summed E-state index contributed by atoms with van der Waals surface area (Å²) in [6.07, 6.45) is 42.7. The van der Waals surface area contributed by atoms with Crippen molar-refractivity contribution < 1.29 is 38.0 Å². The zero-order valence-corrected chi connectivity index (χ0v) is 62.7. The molecule has 11 rings (SSSR count). The van der Waals surface area contributed by atoms with Crippen LogP contribution in [0.5, 0.6) is 0 Å². The van der Waals surface area contributed by atoms with Gasteiger partial charge in [0, 0.05) is 69.4 Å². The van der Waals surface area contributed by atoms with E-state index in [2.05, 4.69) is 107 Å². The third kappa shape index (κ3) is 37.4. The lowest BCUT2D eigenvalue weighted by atomic mass is 9.67. The van der Waals surface area contributed by atoms with Crippen molar-refractivity contribution in [2.75, 3.05) is 72.2 Å². The molecule has 10 heteroatoms. The third-order valence-electron chi connectivity index (χ3n) is 20.1. The Balaban J connectivity index is 0. The van der Waals surface area contributed by atoms with Crippen LogP contribution in [0.25, 0.3) is 0 Å². The summed E-state index contributed by atoms with van der Waals surface area (Å²) in [5.41, 5.74) is 0.358. The lowest BCUT2D eigenvalue weighted by Crippen LogP contribution is -2.34. The SMILES string of the molecule is CC.CC.CC.CCC12CCC(CC1=O)C2(C)C.CCC1CCCCC1.CCC1CCCN1C.CCC1CCCO1.CCC1CCCO1.CCC1CCCO1.CCC1CCCOC1.CCC1CCCS1.CCC1CCOC1.CCC1COC(C)(C)O1. The number of Topliss-reactive ketones (excluding diaryl/α,β-unsaturated/α-hetero) is 1. The van der Waals surface area contributed by atoms with Gasteiger partial charge in [0.1, 0.15) is 5.78 Å². The number of likely N-dealkylation sites (tertiary alicyclic amines) is 1. The first-order chi connectivity index (χ1) is 41.5. The van der Waals surface area contributed by atoms with E-state index in [0.29, 0.717) is 41.5 Å². The number of carbonyl (C=O) groups excluding carboxylic acids is 1. The van der Waals surface area contributed by atoms with Gasteiger partial charge in [0.05, 0.1) is 31.0 Å². The molecule has 0 aromatic heterocycles. The Morgan fingerprint density at radius 1 is 0.465 bits per heavy atom. The van der Waals surface area contributed by atoms with Crippen LogP contribution in [0.2, 0.25) is 0 Å². The number of thioether (sulfide) groups is 1. The van der Waals surface area contributed by atoms with Gasteiger partial charge < -0.3 is 38.1 Å². The molecule has 0 aromatic carbocycles. The summed E-state index contributed by atoms with van der Waals surface area (Å²) in [5, 5.41) is 1.01. The van der Waals surface area contributed by atoms with Gasteiger partial charge >= 0.3 is 0 Å². The summed E-state index contributed by atoms with van der Waals surface area (Å²) in [4.78, 5) is 14.3. The molecule has 518 valence electrons. The van der Waals surface area contributed by atoms with Crippen LogP contribution in [-0.2, 0) is 38.0 Å². The molecule has 8 heterocycles. The average molecular weight is 1240 g/mol. The molecule has 0 amide bonds. The molecular weight excluding hydrogens is 1090 g/mol. The number of fused-ring (bicyclic) bond motifs is 2. The highest BCUT2D eigenvalue weighted by atomic mass is 32.2. The van der Waals surface area contributed by atoms with Crippen molar-refractivity contribution in [3.05, 3.63) is 0 Å². The highest BCUT2D eigenvalue weighted by Gasteiger charge is 2.62. The van der Waals surface area contributed by atoms with Crippen molar-refractivity contribution >= 4 is 17.5 Å². The second kappa shape index (κ2) is 56.3. The first-order valence-corrected chi connectivity index (χ1v) is 38.8. The maximum absolute atomic E-state index is 11.8. The van der Waals surface area contributed by atoms with E-state index in [4.69, 9.17) is 33.2 Å². The summed E-state index contributed by atoms with van der Waals surface area (Å²) >= 11 is 2.14. The Morgan fingerprint density at radius 3 is 1.17 bits per heavy atom. The van der Waals surface area contributed by atoms with Gasteiger partial charge in [0.25, 0.3) is 0 Å². The number of carbonyl (C=O) groups is 1. The van der Waals surface area contributed by atoms with Crippen LogP contribution < -0.4 is 0 Å². The fourth-order valence-electron chi connectivity index (χ4n) is 13.6. The molecule has 10 atom stereocenters. The highest BCUT2D eigenvalue weighted by molar-refractivity contribution is 8.00. The van der Waals surface area contributed by atoms with Gasteiger partial charge in [-0.3, -0.25) is 4.79 Å². The van der Waals surface area contributed by atoms with E-state index >= 15 is 0 Å². The van der Waals surface area contributed by atoms with Crippen molar-refractivity contribution in [3.63, 3.8) is 0 Å². The third-order valence-corrected chi connectivity index (χ3v) is 21.6. The predicted octanol–water partition coefficient (Wildman–Crippen LogP) is 22.2. The van der Waals surface area contributed by atoms with Crippen LogP contribution >= 0.6 is 11.8 Å². The Hall–Kier alpha value is -0.300. The average Bonchev–Trinajstić information content (AvgIpc) is 1.59. The molecule has 8 saturated heterocycles. The van der Waals surface area contributed by atoms with Gasteiger partial charge in [-0.05, 0) is 204 Å². The topological polar surface area (TPSA) is 84.9 Å². The number of hydrogen-bond acceptors (Lipinski definition) is 10. The Morgan fingerprint density at radius 2 is 0.953 bits per heavy atom. The number of ether oxygens (including phenoxy) is 7. The smallest absolute Gasteiger partial charge is 0.163 e. The molecule has 3 saturated carbocycles. The molecule has 8 aliphatic heterocycles. The first kappa shape index (κ1) is 87.8. The van der Waals surface area contributed by atoms with E-state index in [1.165, 1.54) is 186 Å². The molecule has 0 aromatic rings. The summed E-state index contributed by atoms with van der Waals surface area (Å²) < 4.78 is 37.1. The van der Waals surface area contributed by atoms with Crippen molar-refractivity contribution in [2.45, 2.75) is 379 Å². The first-order valence-electron chi connectivity index (χ1n) is 37.7. The van der Waals surface area contributed by atoms with Gasteiger partial charge in [-0.1, -0.05) is 176 Å². The molecule has 0 spiro atoms. The summed E-state index contributed by atoms with van der Waals surface area (Å²) in [6.45, 7) is 51.7. The van der Waals surface area contributed by atoms with E-state index in [1.807, 2.05) is 55.4 Å². The van der Waals surface area contributed by atoms with Crippen LogP contribution in [0, 0.1) is 34.5 Å². The monoisotopic (exact) mass is 1240 g/mol. The van der Waals surface area contributed by atoms with E-state index in [-0.39, 0.29) is 11.2 Å². The molecule has 86 heavy (non-hydrogen) atoms. The van der Waals surface area contributed by atoms with Crippen molar-refractivity contribution in [1.29, 1.82) is 0 Å². The minimum Gasteiger partial charge on any atom is -0.381 e. The maximum atomic E-state index is 11.8. The zero-order chi connectivity index (χ0) is 65.1. The van der Waals surface area contributed by atoms with E-state index in [1.54, 1.807) is 0 Å². The van der Waals surface area contributed by atoms with Crippen molar-refractivity contribution in [1.82, 2.24) is 4.90 Å². The van der Waals surface area contributed by atoms with Crippen LogP contribution in [0.15, 0.2) is 0 Å². The second-order valence-corrected chi connectivity index (χ2v) is 27.7. The lowest BCUT2D eigenvalue weighted by molar-refractivity contribution is -0.138. The molecule has 9 nitrogen and oxygen atoms in total. The van der Waals surface area contributed by atoms with E-state index in [9.17, 15) is 4.79 Å². The lowest BCUT2D eigenvalue weighted by Gasteiger charge is -2.35. The van der Waals surface area contributed by atoms with Gasteiger partial charge in [0.15, 0.2) is 5.79 Å². The summed E-state index contributed by atoms with van der Waals surface area (Å²) in [6, 6.07) is 0.898. The second-order valence-electron chi connectivity index (χ2n) is 26.3. The van der Waals surface area contributed by atoms with Gasteiger partial charge in [0.2, 0.25) is 0 Å². The standard InChI is InChI=1S/C11H18O.C8H16.C7H15N.C7H14O2.C7H14O.4C6H12O.C6H12S.3C2H6/c1-4-11-6-5-8(7-9(11)12)10(11,2)3;1-2-8-6-4-3-5-7-8;1-3-7-5-4-6-8(7)2;1-4-6-5-8-7(2,3)9-6;1-2-7-4-3-5-8-6-7;1-2-6-3-4-7-5-6;4*1-2-6-4-3-5-7-6;3*1-2/h8H,4-7H2,1-3H3;8H,2-7H2,1H3;7H,3-6H2,1-2H3;6H,4-5H2,1-3H3;7H,2-6H2,1H3;5*6H,2-5H2,1H3;3*1-2H3. The van der Waals surface area contributed by atoms with E-state index in [0.717, 1.165) is 108 Å². The highest BCUT2D eigenvalue weighted by Crippen LogP contribution is 2.65. The number of rotatable bonds is 10. The van der Waals surface area contributed by atoms with E-state index < -0.39 is 0 Å². The molecular formula is C76H155NO8S. The minimum atomic E-state index is -0.333. The molecule has 2 bridgehead atoms. The van der Waals surface area contributed by atoms with Crippen molar-refractivity contribution in [2.24, 2.45) is 34.5 Å². The van der Waals surface area contributed by atoms with Crippen molar-refractivity contribution in [3.8, 4) is 0 Å². The fraction of sp³-hybridized carbons (Fsp3) is 0.987. The van der Waals surface area contributed by atoms with Crippen LogP contribution in [0.1, 0.15) is 338 Å². The van der Waals surface area contributed by atoms with Gasteiger partial charge in [-0.25, -0.2) is 0 Å². The maximum Gasteiger partial charge on any atom is 0.163 e. The number of ketones is 1. The Bertz CT molecular complexity index is 1320. The Labute approximate surface area is 543 Å². The zero-order valence-electron chi connectivity index (χ0n) is 61.9. The van der Waals surface area contributed by atoms with Crippen LogP contribution in [0.4, 0.5) is 0 Å². The molecule has 11 fully saturated rings. The van der Waals surface area contributed by atoms with Gasteiger partial charge in [-0.2, -0.15) is 11.8 Å². The fourth-order valence-corrected chi connectivity index (χ4v) is 14.8. The number of hydrogen-bond donors (Lipinski definition) is 0. The largest absolute Gasteiger partial charge is 0.381 e.